The molecule has 102 valence electrons. The molecule has 0 heterocycles. The monoisotopic (exact) mass is 265 g/mol. The van der Waals surface area contributed by atoms with Crippen molar-refractivity contribution in [2.45, 2.75) is 6.42 Å². The Hall–Kier alpha value is -2.37. The average molecular weight is 265 g/mol. The first-order valence-corrected chi connectivity index (χ1v) is 5.52. The molecule has 0 aliphatic carbocycles. The molecule has 0 atom stereocenters. The lowest BCUT2D eigenvalue weighted by atomic mass is 10.1. The molecule has 0 aliphatic heterocycles. The van der Waals surface area contributed by atoms with Crippen molar-refractivity contribution in [2.75, 3.05) is 26.2 Å². The van der Waals surface area contributed by atoms with Gasteiger partial charge in [-0.2, -0.15) is 0 Å². The summed E-state index contributed by atoms with van der Waals surface area (Å²) in [4.78, 5) is 35.7. The summed E-state index contributed by atoms with van der Waals surface area (Å²) in [5, 5.41) is 0. The van der Waals surface area contributed by atoms with Crippen LogP contribution < -0.4 is 4.90 Å². The predicted octanol–water partition coefficient (Wildman–Crippen LogP) is 0.999. The van der Waals surface area contributed by atoms with E-state index in [0.717, 1.165) is 0 Å². The van der Waals surface area contributed by atoms with E-state index in [0.29, 0.717) is 5.69 Å². The normalized spacial score (nSPS) is 9.63. The van der Waals surface area contributed by atoms with Crippen LogP contribution in [0.5, 0.6) is 0 Å². The highest BCUT2D eigenvalue weighted by Crippen LogP contribution is 2.20. The lowest BCUT2D eigenvalue weighted by Gasteiger charge is -2.19. The average Bonchev–Trinajstić information content (AvgIpc) is 2.45. The van der Waals surface area contributed by atoms with Gasteiger partial charge in [-0.3, -0.25) is 9.59 Å². The van der Waals surface area contributed by atoms with Crippen LogP contribution in [0.1, 0.15) is 16.8 Å². The molecule has 0 saturated heterocycles. The summed E-state index contributed by atoms with van der Waals surface area (Å²) in [5.74, 6) is -1.65. The van der Waals surface area contributed by atoms with Crippen molar-refractivity contribution in [3.8, 4) is 0 Å². The molecule has 19 heavy (non-hydrogen) atoms. The molecule has 0 aromatic heterocycles. The highest BCUT2D eigenvalue weighted by molar-refractivity contribution is 6.06. The topological polar surface area (TPSA) is 72.9 Å². The molecule has 6 nitrogen and oxygen atoms in total. The van der Waals surface area contributed by atoms with E-state index in [1.165, 1.54) is 26.2 Å². The van der Waals surface area contributed by atoms with Gasteiger partial charge in [0.05, 0.1) is 25.5 Å². The first-order valence-electron chi connectivity index (χ1n) is 5.52. The van der Waals surface area contributed by atoms with Crippen LogP contribution >= 0.6 is 0 Å². The fourth-order valence-electron chi connectivity index (χ4n) is 1.50. The molecule has 1 aromatic rings. The molecule has 0 spiro atoms. The Morgan fingerprint density at radius 3 is 2.32 bits per heavy atom. The van der Waals surface area contributed by atoms with E-state index in [1.54, 1.807) is 24.3 Å². The summed E-state index contributed by atoms with van der Waals surface area (Å²) in [6.07, 6.45) is -0.386. The minimum atomic E-state index is -0.632. The summed E-state index contributed by atoms with van der Waals surface area (Å²) < 4.78 is 9.07. The standard InChI is InChI=1S/C13H15NO5/c1-14(11(15)8-12(16)18-2)10-7-5-4-6-9(10)13(17)19-3/h4-7H,8H2,1-3H3. The number of amides is 1. The quantitative estimate of drug-likeness (QED) is 0.600. The fourth-order valence-corrected chi connectivity index (χ4v) is 1.50. The zero-order valence-corrected chi connectivity index (χ0v) is 11.0. The van der Waals surface area contributed by atoms with Crippen molar-refractivity contribution < 1.29 is 23.9 Å². The van der Waals surface area contributed by atoms with E-state index in [9.17, 15) is 14.4 Å². The second-order valence-corrected chi connectivity index (χ2v) is 3.71. The van der Waals surface area contributed by atoms with E-state index in [-0.39, 0.29) is 12.0 Å². The van der Waals surface area contributed by atoms with Crippen LogP contribution in [0.25, 0.3) is 0 Å². The van der Waals surface area contributed by atoms with E-state index in [2.05, 4.69) is 9.47 Å². The summed E-state index contributed by atoms with van der Waals surface area (Å²) in [6, 6.07) is 6.49. The summed E-state index contributed by atoms with van der Waals surface area (Å²) >= 11 is 0. The highest BCUT2D eigenvalue weighted by atomic mass is 16.5. The Kier molecular flexibility index (Phi) is 5.05. The first-order chi connectivity index (χ1) is 9.01. The number of methoxy groups -OCH3 is 2. The van der Waals surface area contributed by atoms with E-state index in [4.69, 9.17) is 0 Å². The van der Waals surface area contributed by atoms with Gasteiger partial charge < -0.3 is 14.4 Å². The first kappa shape index (κ1) is 14.7. The molecule has 0 unspecified atom stereocenters. The van der Waals surface area contributed by atoms with Crippen LogP contribution in [0, 0.1) is 0 Å². The van der Waals surface area contributed by atoms with Gasteiger partial charge in [-0.15, -0.1) is 0 Å². The molecule has 1 aromatic carbocycles. The maximum atomic E-state index is 11.8. The Morgan fingerprint density at radius 1 is 1.11 bits per heavy atom. The lowest BCUT2D eigenvalue weighted by Crippen LogP contribution is -2.30. The minimum Gasteiger partial charge on any atom is -0.469 e. The molecular weight excluding hydrogens is 250 g/mol. The summed E-state index contributed by atoms with van der Waals surface area (Å²) in [5.41, 5.74) is 0.633. The molecule has 0 saturated carbocycles. The molecular formula is C13H15NO5. The van der Waals surface area contributed by atoms with Crippen molar-refractivity contribution in [3.63, 3.8) is 0 Å². The molecule has 6 heteroatoms. The van der Waals surface area contributed by atoms with Crippen molar-refractivity contribution >= 4 is 23.5 Å². The van der Waals surface area contributed by atoms with E-state index < -0.39 is 17.8 Å². The summed E-state index contributed by atoms with van der Waals surface area (Å²) in [6.45, 7) is 0. The predicted molar refractivity (Wildman–Crippen MR) is 67.8 cm³/mol. The Balaban J connectivity index is 2.99. The van der Waals surface area contributed by atoms with Gasteiger partial charge in [0.2, 0.25) is 5.91 Å². The number of anilines is 1. The Labute approximate surface area is 110 Å². The largest absolute Gasteiger partial charge is 0.469 e. The Bertz CT molecular complexity index is 498. The number of benzene rings is 1. The molecule has 1 rings (SSSR count). The number of para-hydroxylation sites is 1. The summed E-state index contributed by atoms with van der Waals surface area (Å²) in [7, 11) is 3.94. The van der Waals surface area contributed by atoms with Crippen LogP contribution in [-0.4, -0.2) is 39.1 Å². The van der Waals surface area contributed by atoms with Gasteiger partial charge in [-0.25, -0.2) is 4.79 Å². The molecule has 0 aliphatic rings. The second kappa shape index (κ2) is 6.53. The van der Waals surface area contributed by atoms with Crippen molar-refractivity contribution in [1.82, 2.24) is 0 Å². The third-order valence-corrected chi connectivity index (χ3v) is 2.57. The minimum absolute atomic E-state index is 0.255. The smallest absolute Gasteiger partial charge is 0.339 e. The second-order valence-electron chi connectivity index (χ2n) is 3.71. The number of rotatable bonds is 4. The van der Waals surface area contributed by atoms with Gasteiger partial charge in [-0.1, -0.05) is 12.1 Å². The van der Waals surface area contributed by atoms with Crippen molar-refractivity contribution in [3.05, 3.63) is 29.8 Å². The van der Waals surface area contributed by atoms with E-state index in [1.807, 2.05) is 0 Å². The number of hydrogen-bond acceptors (Lipinski definition) is 5. The number of nitrogens with zero attached hydrogens (tertiary/aromatic N) is 1. The zero-order valence-electron chi connectivity index (χ0n) is 11.0. The molecule has 0 radical (unpaired) electrons. The number of carbonyl (C=O) groups excluding carboxylic acids is 3. The number of esters is 2. The van der Waals surface area contributed by atoms with Gasteiger partial charge in [0, 0.05) is 7.05 Å². The van der Waals surface area contributed by atoms with Gasteiger partial charge in [-0.05, 0) is 12.1 Å². The fraction of sp³-hybridized carbons (Fsp3) is 0.308. The van der Waals surface area contributed by atoms with Gasteiger partial charge in [0.1, 0.15) is 6.42 Å². The van der Waals surface area contributed by atoms with Crippen LogP contribution in [0.3, 0.4) is 0 Å². The highest BCUT2D eigenvalue weighted by Gasteiger charge is 2.20. The maximum Gasteiger partial charge on any atom is 0.339 e. The molecule has 0 fully saturated rings. The Morgan fingerprint density at radius 2 is 1.74 bits per heavy atom. The third-order valence-electron chi connectivity index (χ3n) is 2.57. The van der Waals surface area contributed by atoms with Gasteiger partial charge in [0.25, 0.3) is 0 Å². The molecule has 1 amide bonds. The SMILES string of the molecule is COC(=O)CC(=O)N(C)c1ccccc1C(=O)OC. The van der Waals surface area contributed by atoms with Gasteiger partial charge in [0.15, 0.2) is 0 Å². The van der Waals surface area contributed by atoms with E-state index >= 15 is 0 Å². The molecule has 0 bridgehead atoms. The zero-order chi connectivity index (χ0) is 14.4. The van der Waals surface area contributed by atoms with Crippen LogP contribution in [0.15, 0.2) is 24.3 Å². The lowest BCUT2D eigenvalue weighted by molar-refractivity contribution is -0.143. The number of carbonyl (C=O) groups is 3. The van der Waals surface area contributed by atoms with Crippen molar-refractivity contribution in [2.24, 2.45) is 0 Å². The number of hydrogen-bond donors (Lipinski definition) is 0. The molecule has 0 N–H and O–H groups in total. The van der Waals surface area contributed by atoms with Crippen LogP contribution in [0.2, 0.25) is 0 Å². The number of ether oxygens (including phenoxy) is 2. The van der Waals surface area contributed by atoms with Crippen molar-refractivity contribution in [1.29, 1.82) is 0 Å². The maximum absolute atomic E-state index is 11.8. The van der Waals surface area contributed by atoms with Crippen LogP contribution in [0.4, 0.5) is 5.69 Å². The third kappa shape index (κ3) is 3.54. The van der Waals surface area contributed by atoms with Gasteiger partial charge >= 0.3 is 11.9 Å². The van der Waals surface area contributed by atoms with Crippen LogP contribution in [-0.2, 0) is 19.1 Å².